The van der Waals surface area contributed by atoms with Crippen LogP contribution in [0.1, 0.15) is 20.8 Å². The van der Waals surface area contributed by atoms with Gasteiger partial charge in [0.25, 0.3) is 0 Å². The van der Waals surface area contributed by atoms with E-state index in [9.17, 15) is 9.59 Å². The molecule has 1 saturated heterocycles. The van der Waals surface area contributed by atoms with Gasteiger partial charge in [0.1, 0.15) is 0 Å². The minimum Gasteiger partial charge on any atom is -0.464 e. The fourth-order valence-electron chi connectivity index (χ4n) is 1.13. The summed E-state index contributed by atoms with van der Waals surface area (Å²) < 4.78 is 14.5. The highest BCUT2D eigenvalue weighted by Gasteiger charge is 2.65. The molecule has 0 N–H and O–H groups in total. The van der Waals surface area contributed by atoms with Gasteiger partial charge in [0.15, 0.2) is 11.7 Å². The van der Waals surface area contributed by atoms with Crippen LogP contribution in [0.5, 0.6) is 0 Å². The lowest BCUT2D eigenvalue weighted by atomic mass is 10.1. The van der Waals surface area contributed by atoms with E-state index in [1.165, 1.54) is 6.92 Å². The number of hydrogen-bond donors (Lipinski definition) is 0. The molecule has 0 amide bonds. The van der Waals surface area contributed by atoms with E-state index in [1.54, 1.807) is 13.8 Å². The van der Waals surface area contributed by atoms with Gasteiger partial charge in [0.05, 0.1) is 13.2 Å². The summed E-state index contributed by atoms with van der Waals surface area (Å²) in [5.41, 5.74) is -1.14. The van der Waals surface area contributed by atoms with Gasteiger partial charge >= 0.3 is 11.9 Å². The Morgan fingerprint density at radius 1 is 1.29 bits per heavy atom. The van der Waals surface area contributed by atoms with Gasteiger partial charge < -0.3 is 14.2 Å². The number of carbonyl (C=O) groups excluding carboxylic acids is 2. The van der Waals surface area contributed by atoms with Gasteiger partial charge in [0, 0.05) is 0 Å². The molecule has 5 nitrogen and oxygen atoms in total. The SMILES string of the molecule is CCOC(=O)[C@H]1O[C@@]1(C)C(=O)OCC. The Hall–Kier alpha value is -1.10. The van der Waals surface area contributed by atoms with Crippen molar-refractivity contribution in [2.75, 3.05) is 13.2 Å². The van der Waals surface area contributed by atoms with Crippen LogP contribution in [-0.2, 0) is 23.8 Å². The lowest BCUT2D eigenvalue weighted by Gasteiger charge is -2.04. The van der Waals surface area contributed by atoms with Gasteiger partial charge in [0.2, 0.25) is 0 Å². The average Bonchev–Trinajstić information content (AvgIpc) is 2.81. The molecule has 0 spiro atoms. The highest BCUT2D eigenvalue weighted by atomic mass is 16.7. The average molecular weight is 202 g/mol. The minimum absolute atomic E-state index is 0.271. The molecular weight excluding hydrogens is 188 g/mol. The summed E-state index contributed by atoms with van der Waals surface area (Å²) in [6, 6.07) is 0. The number of hydrogen-bond acceptors (Lipinski definition) is 5. The molecule has 1 heterocycles. The third-order valence-corrected chi connectivity index (χ3v) is 1.99. The maximum atomic E-state index is 11.3. The summed E-state index contributed by atoms with van der Waals surface area (Å²) in [5.74, 6) is -1.03. The Labute approximate surface area is 82.3 Å². The van der Waals surface area contributed by atoms with E-state index in [-0.39, 0.29) is 13.2 Å². The number of carbonyl (C=O) groups is 2. The fourth-order valence-corrected chi connectivity index (χ4v) is 1.13. The standard InChI is InChI=1S/C9H14O5/c1-4-12-7(10)6-9(3,14-6)8(11)13-5-2/h6H,4-5H2,1-3H3/t6-,9-/m1/s1. The lowest BCUT2D eigenvalue weighted by Crippen LogP contribution is -2.30. The van der Waals surface area contributed by atoms with Crippen LogP contribution in [-0.4, -0.2) is 36.9 Å². The maximum absolute atomic E-state index is 11.3. The number of rotatable bonds is 4. The highest BCUT2D eigenvalue weighted by molar-refractivity contribution is 5.93. The molecule has 0 saturated carbocycles. The molecule has 0 aromatic carbocycles. The van der Waals surface area contributed by atoms with Crippen molar-refractivity contribution in [2.45, 2.75) is 32.5 Å². The topological polar surface area (TPSA) is 65.1 Å². The molecule has 0 aromatic heterocycles. The Balaban J connectivity index is 2.49. The quantitative estimate of drug-likeness (QED) is 0.483. The van der Waals surface area contributed by atoms with Gasteiger partial charge in [-0.05, 0) is 20.8 Å². The van der Waals surface area contributed by atoms with E-state index in [4.69, 9.17) is 14.2 Å². The monoisotopic (exact) mass is 202 g/mol. The van der Waals surface area contributed by atoms with E-state index >= 15 is 0 Å². The molecule has 1 aliphatic heterocycles. The first-order chi connectivity index (χ1) is 6.56. The zero-order valence-corrected chi connectivity index (χ0v) is 8.53. The molecule has 0 bridgehead atoms. The van der Waals surface area contributed by atoms with Crippen LogP contribution in [0.3, 0.4) is 0 Å². The van der Waals surface area contributed by atoms with Gasteiger partial charge in [-0.3, -0.25) is 0 Å². The molecule has 14 heavy (non-hydrogen) atoms. The fraction of sp³-hybridized carbons (Fsp3) is 0.778. The highest BCUT2D eigenvalue weighted by Crippen LogP contribution is 2.38. The predicted octanol–water partition coefficient (Wildman–Crippen LogP) is 0.270. The van der Waals surface area contributed by atoms with E-state index in [1.807, 2.05) is 0 Å². The zero-order chi connectivity index (χ0) is 10.8. The molecule has 0 unspecified atom stereocenters. The first kappa shape index (κ1) is 11.0. The molecule has 1 fully saturated rings. The zero-order valence-electron chi connectivity index (χ0n) is 8.53. The largest absolute Gasteiger partial charge is 0.464 e. The van der Waals surface area contributed by atoms with E-state index in [0.717, 1.165) is 0 Å². The van der Waals surface area contributed by atoms with E-state index in [2.05, 4.69) is 0 Å². The second kappa shape index (κ2) is 3.96. The van der Waals surface area contributed by atoms with Crippen molar-refractivity contribution in [1.82, 2.24) is 0 Å². The summed E-state index contributed by atoms with van der Waals surface area (Å²) in [6.07, 6.45) is -0.804. The molecule has 2 atom stereocenters. The summed E-state index contributed by atoms with van der Waals surface area (Å²) in [6.45, 7) is 5.46. The van der Waals surface area contributed by atoms with Crippen molar-refractivity contribution in [3.05, 3.63) is 0 Å². The predicted molar refractivity (Wildman–Crippen MR) is 46.5 cm³/mol. The van der Waals surface area contributed by atoms with Crippen LogP contribution in [0.25, 0.3) is 0 Å². The molecule has 0 aliphatic carbocycles. The van der Waals surface area contributed by atoms with Gasteiger partial charge in [-0.15, -0.1) is 0 Å². The Morgan fingerprint density at radius 3 is 2.36 bits per heavy atom. The third kappa shape index (κ3) is 1.87. The van der Waals surface area contributed by atoms with Crippen molar-refractivity contribution < 1.29 is 23.8 Å². The van der Waals surface area contributed by atoms with Gasteiger partial charge in [-0.2, -0.15) is 0 Å². The third-order valence-electron chi connectivity index (χ3n) is 1.99. The van der Waals surface area contributed by atoms with Gasteiger partial charge in [-0.25, -0.2) is 9.59 Å². The molecule has 5 heteroatoms. The van der Waals surface area contributed by atoms with Crippen LogP contribution < -0.4 is 0 Å². The molecule has 1 aliphatic rings. The molecule has 80 valence electrons. The molecular formula is C9H14O5. The van der Waals surface area contributed by atoms with Gasteiger partial charge in [-0.1, -0.05) is 0 Å². The Kier molecular flexibility index (Phi) is 3.10. The van der Waals surface area contributed by atoms with Crippen LogP contribution >= 0.6 is 0 Å². The second-order valence-electron chi connectivity index (χ2n) is 3.08. The number of ether oxygens (including phenoxy) is 3. The summed E-state index contributed by atoms with van der Waals surface area (Å²) >= 11 is 0. The second-order valence-corrected chi connectivity index (χ2v) is 3.08. The van der Waals surface area contributed by atoms with Crippen LogP contribution in [0, 0.1) is 0 Å². The Bertz CT molecular complexity index is 250. The first-order valence-corrected chi connectivity index (χ1v) is 4.58. The van der Waals surface area contributed by atoms with Crippen molar-refractivity contribution >= 4 is 11.9 Å². The molecule has 0 radical (unpaired) electrons. The molecule has 0 aromatic rings. The van der Waals surface area contributed by atoms with Crippen LogP contribution in [0.15, 0.2) is 0 Å². The molecule has 1 rings (SSSR count). The van der Waals surface area contributed by atoms with Crippen molar-refractivity contribution in [2.24, 2.45) is 0 Å². The number of esters is 2. The van der Waals surface area contributed by atoms with Crippen LogP contribution in [0.2, 0.25) is 0 Å². The van der Waals surface area contributed by atoms with Crippen LogP contribution in [0.4, 0.5) is 0 Å². The smallest absolute Gasteiger partial charge is 0.341 e. The first-order valence-electron chi connectivity index (χ1n) is 4.58. The van der Waals surface area contributed by atoms with Crippen molar-refractivity contribution in [3.8, 4) is 0 Å². The summed E-state index contributed by atoms with van der Waals surface area (Å²) in [4.78, 5) is 22.5. The van der Waals surface area contributed by atoms with E-state index < -0.39 is 23.6 Å². The van der Waals surface area contributed by atoms with Crippen molar-refractivity contribution in [1.29, 1.82) is 0 Å². The Morgan fingerprint density at radius 2 is 1.86 bits per heavy atom. The van der Waals surface area contributed by atoms with Crippen molar-refractivity contribution in [3.63, 3.8) is 0 Å². The summed E-state index contributed by atoms with van der Waals surface area (Å²) in [5, 5.41) is 0. The normalized spacial score (nSPS) is 29.5. The summed E-state index contributed by atoms with van der Waals surface area (Å²) in [7, 11) is 0. The minimum atomic E-state index is -1.14. The number of epoxide rings is 1. The lowest BCUT2D eigenvalue weighted by molar-refractivity contribution is -0.150. The van der Waals surface area contributed by atoms with E-state index in [0.29, 0.717) is 0 Å². The maximum Gasteiger partial charge on any atom is 0.341 e.